The van der Waals surface area contributed by atoms with E-state index in [2.05, 4.69) is 36.6 Å². The number of hydrogen-bond acceptors (Lipinski definition) is 6. The lowest BCUT2D eigenvalue weighted by molar-refractivity contribution is -0.118. The maximum Gasteiger partial charge on any atom is 0.240 e. The van der Waals surface area contributed by atoms with Crippen molar-refractivity contribution in [2.24, 2.45) is 7.05 Å². The van der Waals surface area contributed by atoms with E-state index in [1.807, 2.05) is 24.8 Å². The lowest BCUT2D eigenvalue weighted by atomic mass is 10.2. The van der Waals surface area contributed by atoms with Crippen molar-refractivity contribution in [3.8, 4) is 0 Å². The number of anilines is 1. The summed E-state index contributed by atoms with van der Waals surface area (Å²) in [6, 6.07) is 0.396. The molecule has 0 aliphatic carbocycles. The SMILES string of the molecule is CC1CN(CC(=O)Nc2nccs2)CCN1Cc1nccn1C. The van der Waals surface area contributed by atoms with E-state index in [0.29, 0.717) is 17.7 Å². The second-order valence-corrected chi connectivity index (χ2v) is 6.79. The highest BCUT2D eigenvalue weighted by Crippen LogP contribution is 2.14. The lowest BCUT2D eigenvalue weighted by Gasteiger charge is -2.39. The van der Waals surface area contributed by atoms with Crippen LogP contribution < -0.4 is 5.32 Å². The number of amides is 1. The number of thiazole rings is 1. The molecule has 1 aliphatic rings. The number of piperazine rings is 1. The number of nitrogens with zero attached hydrogens (tertiary/aromatic N) is 5. The summed E-state index contributed by atoms with van der Waals surface area (Å²) in [5.74, 6) is 1.08. The van der Waals surface area contributed by atoms with Crippen molar-refractivity contribution in [2.45, 2.75) is 19.5 Å². The predicted molar refractivity (Wildman–Crippen MR) is 90.3 cm³/mol. The Labute approximate surface area is 139 Å². The largest absolute Gasteiger partial charge is 0.337 e. The third-order valence-corrected chi connectivity index (χ3v) is 4.85. The van der Waals surface area contributed by atoms with Crippen molar-refractivity contribution in [1.29, 1.82) is 0 Å². The molecule has 1 fully saturated rings. The first kappa shape index (κ1) is 16.1. The average Bonchev–Trinajstić information content (AvgIpc) is 3.14. The van der Waals surface area contributed by atoms with E-state index in [-0.39, 0.29) is 5.91 Å². The number of rotatable bonds is 5. The number of hydrogen-bond donors (Lipinski definition) is 1. The molecule has 3 rings (SSSR count). The molecular formula is C15H22N6OS. The monoisotopic (exact) mass is 334 g/mol. The fourth-order valence-corrected chi connectivity index (χ4v) is 3.37. The van der Waals surface area contributed by atoms with Crippen LogP contribution in [0.1, 0.15) is 12.7 Å². The molecule has 1 unspecified atom stereocenters. The van der Waals surface area contributed by atoms with Gasteiger partial charge in [-0.25, -0.2) is 9.97 Å². The molecule has 2 aromatic heterocycles. The molecule has 1 saturated heterocycles. The molecule has 124 valence electrons. The first-order chi connectivity index (χ1) is 11.1. The van der Waals surface area contributed by atoms with E-state index >= 15 is 0 Å². The zero-order valence-corrected chi connectivity index (χ0v) is 14.3. The van der Waals surface area contributed by atoms with Crippen molar-refractivity contribution in [3.63, 3.8) is 0 Å². The van der Waals surface area contributed by atoms with Gasteiger partial charge >= 0.3 is 0 Å². The highest BCUT2D eigenvalue weighted by atomic mass is 32.1. The maximum absolute atomic E-state index is 12.1. The number of carbonyl (C=O) groups excluding carboxylic acids is 1. The predicted octanol–water partition coefficient (Wildman–Crippen LogP) is 1.02. The average molecular weight is 334 g/mol. The van der Waals surface area contributed by atoms with Gasteiger partial charge in [0, 0.05) is 56.7 Å². The first-order valence-electron chi connectivity index (χ1n) is 7.74. The third kappa shape index (κ3) is 4.15. The van der Waals surface area contributed by atoms with Gasteiger partial charge in [0.05, 0.1) is 13.1 Å². The van der Waals surface area contributed by atoms with Crippen molar-refractivity contribution in [1.82, 2.24) is 24.3 Å². The Morgan fingerprint density at radius 1 is 1.39 bits per heavy atom. The van der Waals surface area contributed by atoms with Gasteiger partial charge in [-0.3, -0.25) is 14.6 Å². The molecule has 0 radical (unpaired) electrons. The second-order valence-electron chi connectivity index (χ2n) is 5.89. The molecule has 0 spiro atoms. The summed E-state index contributed by atoms with van der Waals surface area (Å²) in [7, 11) is 2.02. The molecule has 1 atom stereocenters. The van der Waals surface area contributed by atoms with Crippen LogP contribution in [0.2, 0.25) is 0 Å². The molecule has 8 heteroatoms. The van der Waals surface area contributed by atoms with E-state index in [9.17, 15) is 4.79 Å². The topological polar surface area (TPSA) is 66.3 Å². The van der Waals surface area contributed by atoms with Crippen LogP contribution in [0, 0.1) is 0 Å². The van der Waals surface area contributed by atoms with Gasteiger partial charge in [-0.1, -0.05) is 0 Å². The maximum atomic E-state index is 12.1. The van der Waals surface area contributed by atoms with E-state index in [0.717, 1.165) is 32.0 Å². The second kappa shape index (κ2) is 7.20. The van der Waals surface area contributed by atoms with E-state index in [1.165, 1.54) is 11.3 Å². The zero-order chi connectivity index (χ0) is 16.2. The van der Waals surface area contributed by atoms with E-state index in [1.54, 1.807) is 6.20 Å². The van der Waals surface area contributed by atoms with Gasteiger partial charge in [-0.2, -0.15) is 0 Å². The molecule has 0 aromatic carbocycles. The molecule has 0 saturated carbocycles. The number of imidazole rings is 1. The quantitative estimate of drug-likeness (QED) is 0.884. The van der Waals surface area contributed by atoms with Crippen LogP contribution in [-0.2, 0) is 18.4 Å². The van der Waals surface area contributed by atoms with Gasteiger partial charge < -0.3 is 9.88 Å². The van der Waals surface area contributed by atoms with Gasteiger partial charge in [0.2, 0.25) is 5.91 Å². The molecule has 1 N–H and O–H groups in total. The van der Waals surface area contributed by atoms with Gasteiger partial charge in [0.15, 0.2) is 5.13 Å². The van der Waals surface area contributed by atoms with Crippen LogP contribution in [0.4, 0.5) is 5.13 Å². The molecule has 7 nitrogen and oxygen atoms in total. The Morgan fingerprint density at radius 2 is 2.26 bits per heavy atom. The summed E-state index contributed by atoms with van der Waals surface area (Å²) in [5, 5.41) is 5.36. The fraction of sp³-hybridized carbons (Fsp3) is 0.533. The highest BCUT2D eigenvalue weighted by Gasteiger charge is 2.25. The summed E-state index contributed by atoms with van der Waals surface area (Å²) in [4.78, 5) is 25.1. The van der Waals surface area contributed by atoms with Crippen molar-refractivity contribution in [3.05, 3.63) is 29.8 Å². The van der Waals surface area contributed by atoms with Crippen LogP contribution in [0.25, 0.3) is 0 Å². The number of aryl methyl sites for hydroxylation is 1. The summed E-state index contributed by atoms with van der Waals surface area (Å²) in [5.41, 5.74) is 0. The molecule has 3 heterocycles. The Kier molecular flexibility index (Phi) is 5.04. The molecule has 1 amide bonds. The van der Waals surface area contributed by atoms with Crippen LogP contribution in [-0.4, -0.2) is 62.5 Å². The third-order valence-electron chi connectivity index (χ3n) is 4.16. The number of nitrogens with one attached hydrogen (secondary N) is 1. The van der Waals surface area contributed by atoms with Gasteiger partial charge in [0.25, 0.3) is 0 Å². The molecular weight excluding hydrogens is 312 g/mol. The van der Waals surface area contributed by atoms with E-state index < -0.39 is 0 Å². The normalized spacial score (nSPS) is 19.8. The smallest absolute Gasteiger partial charge is 0.240 e. The van der Waals surface area contributed by atoms with Crippen LogP contribution >= 0.6 is 11.3 Å². The Balaban J connectivity index is 1.48. The number of carbonyl (C=O) groups is 1. The van der Waals surface area contributed by atoms with Crippen molar-refractivity contribution in [2.75, 3.05) is 31.5 Å². The van der Waals surface area contributed by atoms with E-state index in [4.69, 9.17) is 0 Å². The molecule has 2 aromatic rings. The van der Waals surface area contributed by atoms with Crippen molar-refractivity contribution < 1.29 is 4.79 Å². The van der Waals surface area contributed by atoms with Crippen LogP contribution in [0.15, 0.2) is 24.0 Å². The lowest BCUT2D eigenvalue weighted by Crippen LogP contribution is -2.53. The molecule has 1 aliphatic heterocycles. The molecule has 0 bridgehead atoms. The standard InChI is InChI=1S/C15H22N6OS/c1-12-9-20(11-14(22)18-15-17-4-8-23-15)6-7-21(12)10-13-16-3-5-19(13)2/h3-5,8,12H,6-7,9-11H2,1-2H3,(H,17,18,22). The minimum Gasteiger partial charge on any atom is -0.337 e. The zero-order valence-electron chi connectivity index (χ0n) is 13.5. The Bertz CT molecular complexity index is 640. The summed E-state index contributed by atoms with van der Waals surface area (Å²) in [6.07, 6.45) is 5.50. The molecule has 23 heavy (non-hydrogen) atoms. The van der Waals surface area contributed by atoms with Gasteiger partial charge in [0.1, 0.15) is 5.82 Å². The first-order valence-corrected chi connectivity index (χ1v) is 8.61. The summed E-state index contributed by atoms with van der Waals surface area (Å²) in [6.45, 7) is 6.19. The van der Waals surface area contributed by atoms with Crippen molar-refractivity contribution >= 4 is 22.4 Å². The van der Waals surface area contributed by atoms with Gasteiger partial charge in [-0.15, -0.1) is 11.3 Å². The number of aromatic nitrogens is 3. The Hall–Kier alpha value is -1.77. The minimum absolute atomic E-state index is 0.00435. The van der Waals surface area contributed by atoms with Gasteiger partial charge in [-0.05, 0) is 6.92 Å². The van der Waals surface area contributed by atoms with Crippen LogP contribution in [0.5, 0.6) is 0 Å². The Morgan fingerprint density at radius 3 is 2.91 bits per heavy atom. The highest BCUT2D eigenvalue weighted by molar-refractivity contribution is 7.13. The summed E-state index contributed by atoms with van der Waals surface area (Å²) >= 11 is 1.44. The summed E-state index contributed by atoms with van der Waals surface area (Å²) < 4.78 is 2.06. The van der Waals surface area contributed by atoms with Crippen LogP contribution in [0.3, 0.4) is 0 Å². The fourth-order valence-electron chi connectivity index (χ4n) is 2.83. The minimum atomic E-state index is 0.00435.